The lowest BCUT2D eigenvalue weighted by atomic mass is 10.1. The largest absolute Gasteiger partial charge is 0.438 e. The molecule has 0 unspecified atom stereocenters. The standard InChI is InChI=1S/C17H20ClNO/c1-6-14-9-15(18)13(5)17(19-14)20-16-8-11(3)10(2)7-12(16)4/h7-9H,6H2,1-5H3. The lowest BCUT2D eigenvalue weighted by molar-refractivity contribution is 0.453. The number of halogens is 1. The summed E-state index contributed by atoms with van der Waals surface area (Å²) in [5.74, 6) is 1.44. The molecule has 0 aliphatic heterocycles. The quantitative estimate of drug-likeness (QED) is 0.762. The number of aromatic nitrogens is 1. The molecule has 1 aromatic carbocycles. The molecule has 2 aromatic rings. The van der Waals surface area contributed by atoms with Gasteiger partial charge in [-0.15, -0.1) is 0 Å². The van der Waals surface area contributed by atoms with Gasteiger partial charge in [-0.1, -0.05) is 24.6 Å². The Balaban J connectivity index is 2.44. The fraction of sp³-hybridized carbons (Fsp3) is 0.353. The minimum atomic E-state index is 0.598. The van der Waals surface area contributed by atoms with Gasteiger partial charge in [0.2, 0.25) is 5.88 Å². The van der Waals surface area contributed by atoms with E-state index >= 15 is 0 Å². The second-order valence-corrected chi connectivity index (χ2v) is 5.59. The van der Waals surface area contributed by atoms with Gasteiger partial charge in [-0.2, -0.15) is 0 Å². The van der Waals surface area contributed by atoms with Gasteiger partial charge in [0.05, 0.1) is 5.02 Å². The van der Waals surface area contributed by atoms with Crippen molar-refractivity contribution in [3.05, 3.63) is 51.2 Å². The lowest BCUT2D eigenvalue weighted by Gasteiger charge is -2.14. The van der Waals surface area contributed by atoms with Gasteiger partial charge >= 0.3 is 0 Å². The number of rotatable bonds is 3. The Bertz CT molecular complexity index is 650. The number of aryl methyl sites for hydroxylation is 4. The number of pyridine rings is 1. The van der Waals surface area contributed by atoms with Crippen LogP contribution >= 0.6 is 11.6 Å². The Morgan fingerprint density at radius 3 is 2.30 bits per heavy atom. The minimum absolute atomic E-state index is 0.598. The molecule has 0 radical (unpaired) electrons. The molecular weight excluding hydrogens is 270 g/mol. The maximum atomic E-state index is 6.24. The third-order valence-corrected chi connectivity index (χ3v) is 3.97. The number of ether oxygens (including phenoxy) is 1. The van der Waals surface area contributed by atoms with Gasteiger partial charge in [-0.3, -0.25) is 0 Å². The molecular formula is C17H20ClNO. The van der Waals surface area contributed by atoms with E-state index in [1.54, 1.807) is 0 Å². The summed E-state index contributed by atoms with van der Waals surface area (Å²) in [4.78, 5) is 4.53. The van der Waals surface area contributed by atoms with Crippen molar-refractivity contribution in [2.75, 3.05) is 0 Å². The van der Waals surface area contributed by atoms with Crippen molar-refractivity contribution in [2.24, 2.45) is 0 Å². The number of hydrogen-bond acceptors (Lipinski definition) is 2. The van der Waals surface area contributed by atoms with Crippen molar-refractivity contribution in [1.82, 2.24) is 4.98 Å². The van der Waals surface area contributed by atoms with Gasteiger partial charge in [0.15, 0.2) is 0 Å². The van der Waals surface area contributed by atoms with Crippen LogP contribution in [0, 0.1) is 27.7 Å². The van der Waals surface area contributed by atoms with Crippen molar-refractivity contribution in [1.29, 1.82) is 0 Å². The summed E-state index contributed by atoms with van der Waals surface area (Å²) in [5.41, 5.74) is 5.40. The monoisotopic (exact) mass is 289 g/mol. The molecule has 1 aromatic heterocycles. The van der Waals surface area contributed by atoms with Crippen molar-refractivity contribution in [2.45, 2.75) is 41.0 Å². The van der Waals surface area contributed by atoms with Crippen LogP contribution in [0.1, 0.15) is 34.9 Å². The molecule has 1 heterocycles. The lowest BCUT2D eigenvalue weighted by Crippen LogP contribution is -1.98. The highest BCUT2D eigenvalue weighted by Crippen LogP contribution is 2.31. The maximum absolute atomic E-state index is 6.24. The van der Waals surface area contributed by atoms with Gasteiger partial charge < -0.3 is 4.74 Å². The highest BCUT2D eigenvalue weighted by molar-refractivity contribution is 6.31. The summed E-state index contributed by atoms with van der Waals surface area (Å²) in [6.07, 6.45) is 0.836. The summed E-state index contributed by atoms with van der Waals surface area (Å²) in [6, 6.07) is 6.08. The second kappa shape index (κ2) is 5.84. The van der Waals surface area contributed by atoms with E-state index in [1.165, 1.54) is 11.1 Å². The number of benzene rings is 1. The summed E-state index contributed by atoms with van der Waals surface area (Å²) < 4.78 is 6.00. The smallest absolute Gasteiger partial charge is 0.223 e. The molecule has 0 saturated heterocycles. The van der Waals surface area contributed by atoms with E-state index in [1.807, 2.05) is 19.9 Å². The molecule has 106 valence electrons. The Kier molecular flexibility index (Phi) is 4.34. The van der Waals surface area contributed by atoms with Crippen LogP contribution in [0.4, 0.5) is 0 Å². The molecule has 3 heteroatoms. The van der Waals surface area contributed by atoms with Crippen molar-refractivity contribution in [3.63, 3.8) is 0 Å². The molecule has 0 atom stereocenters. The summed E-state index contributed by atoms with van der Waals surface area (Å²) >= 11 is 6.24. The topological polar surface area (TPSA) is 22.1 Å². The van der Waals surface area contributed by atoms with Gasteiger partial charge in [-0.25, -0.2) is 4.98 Å². The molecule has 20 heavy (non-hydrogen) atoms. The van der Waals surface area contributed by atoms with Gasteiger partial charge in [0.1, 0.15) is 5.75 Å². The van der Waals surface area contributed by atoms with Gasteiger partial charge in [-0.05, 0) is 62.9 Å². The molecule has 2 nitrogen and oxygen atoms in total. The maximum Gasteiger partial charge on any atom is 0.223 e. The van der Waals surface area contributed by atoms with Crippen LogP contribution < -0.4 is 4.74 Å². The molecule has 0 spiro atoms. The molecule has 0 N–H and O–H groups in total. The number of hydrogen-bond donors (Lipinski definition) is 0. The predicted octanol–water partition coefficient (Wildman–Crippen LogP) is 5.32. The van der Waals surface area contributed by atoms with Crippen molar-refractivity contribution < 1.29 is 4.74 Å². The minimum Gasteiger partial charge on any atom is -0.438 e. The van der Waals surface area contributed by atoms with Crippen LogP contribution in [0.2, 0.25) is 5.02 Å². The zero-order valence-electron chi connectivity index (χ0n) is 12.7. The van der Waals surface area contributed by atoms with E-state index in [0.717, 1.165) is 29.0 Å². The molecule has 0 saturated carbocycles. The molecule has 0 bridgehead atoms. The fourth-order valence-electron chi connectivity index (χ4n) is 2.03. The first-order valence-corrected chi connectivity index (χ1v) is 7.22. The molecule has 0 fully saturated rings. The third kappa shape index (κ3) is 2.96. The first-order chi connectivity index (χ1) is 9.42. The number of nitrogens with zero attached hydrogens (tertiary/aromatic N) is 1. The van der Waals surface area contributed by atoms with E-state index in [4.69, 9.17) is 16.3 Å². The van der Waals surface area contributed by atoms with Crippen LogP contribution in [-0.4, -0.2) is 4.98 Å². The van der Waals surface area contributed by atoms with Gasteiger partial charge in [0, 0.05) is 11.3 Å². The second-order valence-electron chi connectivity index (χ2n) is 5.18. The molecule has 0 aliphatic rings. The molecule has 2 rings (SSSR count). The Hall–Kier alpha value is -1.54. The Labute approximate surface area is 125 Å². The van der Waals surface area contributed by atoms with E-state index in [2.05, 4.69) is 37.9 Å². The van der Waals surface area contributed by atoms with Gasteiger partial charge in [0.25, 0.3) is 0 Å². The highest BCUT2D eigenvalue weighted by Gasteiger charge is 2.11. The van der Waals surface area contributed by atoms with Crippen LogP contribution in [0.3, 0.4) is 0 Å². The fourth-order valence-corrected chi connectivity index (χ4v) is 2.24. The SMILES string of the molecule is CCc1cc(Cl)c(C)c(Oc2cc(C)c(C)cc2C)n1. The first-order valence-electron chi connectivity index (χ1n) is 6.84. The summed E-state index contributed by atoms with van der Waals surface area (Å²) in [5, 5.41) is 0.702. The highest BCUT2D eigenvalue weighted by atomic mass is 35.5. The van der Waals surface area contributed by atoms with E-state index < -0.39 is 0 Å². The average molecular weight is 290 g/mol. The van der Waals surface area contributed by atoms with Crippen molar-refractivity contribution >= 4 is 11.6 Å². The van der Waals surface area contributed by atoms with E-state index in [-0.39, 0.29) is 0 Å². The summed E-state index contributed by atoms with van der Waals surface area (Å²) in [6.45, 7) is 10.2. The summed E-state index contributed by atoms with van der Waals surface area (Å²) in [7, 11) is 0. The van der Waals surface area contributed by atoms with Crippen LogP contribution in [0.5, 0.6) is 11.6 Å². The zero-order valence-corrected chi connectivity index (χ0v) is 13.4. The normalized spacial score (nSPS) is 10.7. The zero-order chi connectivity index (χ0) is 14.9. The Morgan fingerprint density at radius 2 is 1.65 bits per heavy atom. The van der Waals surface area contributed by atoms with E-state index in [0.29, 0.717) is 10.9 Å². The van der Waals surface area contributed by atoms with Crippen LogP contribution in [0.25, 0.3) is 0 Å². The Morgan fingerprint density at radius 1 is 1.00 bits per heavy atom. The third-order valence-electron chi connectivity index (χ3n) is 3.58. The van der Waals surface area contributed by atoms with Crippen molar-refractivity contribution in [3.8, 4) is 11.6 Å². The van der Waals surface area contributed by atoms with Crippen LogP contribution in [0.15, 0.2) is 18.2 Å². The molecule has 0 aliphatic carbocycles. The predicted molar refractivity (Wildman–Crippen MR) is 84.1 cm³/mol. The van der Waals surface area contributed by atoms with E-state index in [9.17, 15) is 0 Å². The first kappa shape index (κ1) is 14.9. The molecule has 0 amide bonds. The average Bonchev–Trinajstić information content (AvgIpc) is 2.40. The van der Waals surface area contributed by atoms with Crippen LogP contribution in [-0.2, 0) is 6.42 Å².